The van der Waals surface area contributed by atoms with E-state index >= 15 is 0 Å². The quantitative estimate of drug-likeness (QED) is 0.385. The van der Waals surface area contributed by atoms with Crippen LogP contribution in [0.25, 0.3) is 33.4 Å². The van der Waals surface area contributed by atoms with Gasteiger partial charge in [0, 0.05) is 16.4 Å². The van der Waals surface area contributed by atoms with Crippen molar-refractivity contribution in [2.45, 2.75) is 32.1 Å². The molecule has 0 aliphatic heterocycles. The Hall–Kier alpha value is -2.80. The molecule has 128 valence electrons. The van der Waals surface area contributed by atoms with Gasteiger partial charge in [0.05, 0.1) is 0 Å². The second-order valence-corrected chi connectivity index (χ2v) is 7.24. The van der Waals surface area contributed by atoms with E-state index in [4.69, 9.17) is 4.42 Å². The van der Waals surface area contributed by atoms with Gasteiger partial charge in [0.25, 0.3) is 0 Å². The van der Waals surface area contributed by atoms with Crippen molar-refractivity contribution < 1.29 is 4.42 Å². The first kappa shape index (κ1) is 15.5. The maximum absolute atomic E-state index is 6.13. The van der Waals surface area contributed by atoms with Crippen molar-refractivity contribution in [1.29, 1.82) is 0 Å². The van der Waals surface area contributed by atoms with Gasteiger partial charge in [-0.05, 0) is 53.3 Å². The highest BCUT2D eigenvalue weighted by Gasteiger charge is 2.40. The molecule has 0 amide bonds. The summed E-state index contributed by atoms with van der Waals surface area (Å²) in [6.45, 7) is 4.62. The molecule has 4 aromatic rings. The Morgan fingerprint density at radius 1 is 0.731 bits per heavy atom. The van der Waals surface area contributed by atoms with Crippen LogP contribution in [0.15, 0.2) is 77.2 Å². The zero-order chi connectivity index (χ0) is 17.7. The highest BCUT2D eigenvalue weighted by Crippen LogP contribution is 2.53. The largest absolute Gasteiger partial charge is 0.456 e. The predicted octanol–water partition coefficient (Wildman–Crippen LogP) is 7.19. The lowest BCUT2D eigenvalue weighted by atomic mass is 9.73. The van der Waals surface area contributed by atoms with Crippen molar-refractivity contribution >= 4 is 11.0 Å². The molecule has 0 spiro atoms. The van der Waals surface area contributed by atoms with Crippen molar-refractivity contribution in [3.05, 3.63) is 83.9 Å². The van der Waals surface area contributed by atoms with Crippen molar-refractivity contribution in [1.82, 2.24) is 0 Å². The van der Waals surface area contributed by atoms with Gasteiger partial charge in [-0.2, -0.15) is 0 Å². The summed E-state index contributed by atoms with van der Waals surface area (Å²) in [5, 5.41) is 1.16. The van der Waals surface area contributed by atoms with E-state index in [1.54, 1.807) is 0 Å². The lowest BCUT2D eigenvalue weighted by molar-refractivity contribution is 0.490. The van der Waals surface area contributed by atoms with Crippen LogP contribution < -0.4 is 0 Å². The first-order chi connectivity index (χ1) is 12.8. The minimum Gasteiger partial charge on any atom is -0.456 e. The molecule has 5 rings (SSSR count). The summed E-state index contributed by atoms with van der Waals surface area (Å²) in [7, 11) is 0. The van der Waals surface area contributed by atoms with Gasteiger partial charge in [-0.3, -0.25) is 0 Å². The summed E-state index contributed by atoms with van der Waals surface area (Å²) < 4.78 is 6.13. The van der Waals surface area contributed by atoms with E-state index in [-0.39, 0.29) is 5.41 Å². The maximum Gasteiger partial charge on any atom is 0.135 e. The third kappa shape index (κ3) is 1.97. The molecule has 1 aromatic heterocycles. The molecule has 0 bridgehead atoms. The molecule has 1 aliphatic rings. The highest BCUT2D eigenvalue weighted by atomic mass is 16.3. The van der Waals surface area contributed by atoms with E-state index in [9.17, 15) is 0 Å². The van der Waals surface area contributed by atoms with E-state index in [0.717, 1.165) is 29.6 Å². The highest BCUT2D eigenvalue weighted by molar-refractivity contribution is 5.86. The van der Waals surface area contributed by atoms with Crippen LogP contribution in [0.5, 0.6) is 0 Å². The monoisotopic (exact) mass is 338 g/mol. The third-order valence-corrected chi connectivity index (χ3v) is 6.19. The summed E-state index contributed by atoms with van der Waals surface area (Å²) in [6.07, 6.45) is 2.22. The Labute approximate surface area is 154 Å². The molecule has 1 aliphatic carbocycles. The molecule has 0 unspecified atom stereocenters. The lowest BCUT2D eigenvalue weighted by Gasteiger charge is -2.29. The van der Waals surface area contributed by atoms with Crippen molar-refractivity contribution in [3.8, 4) is 22.5 Å². The van der Waals surface area contributed by atoms with Gasteiger partial charge < -0.3 is 4.42 Å². The topological polar surface area (TPSA) is 13.1 Å². The molecule has 26 heavy (non-hydrogen) atoms. The number of para-hydroxylation sites is 1. The van der Waals surface area contributed by atoms with Crippen molar-refractivity contribution in [3.63, 3.8) is 0 Å². The fraction of sp³-hybridized carbons (Fsp3) is 0.200. The van der Waals surface area contributed by atoms with Gasteiger partial charge in [0.2, 0.25) is 0 Å². The van der Waals surface area contributed by atoms with E-state index < -0.39 is 0 Å². The minimum atomic E-state index is 0.105. The van der Waals surface area contributed by atoms with Crippen molar-refractivity contribution in [2.75, 3.05) is 0 Å². The van der Waals surface area contributed by atoms with E-state index in [1.807, 2.05) is 12.1 Å². The zero-order valence-electron chi connectivity index (χ0n) is 15.3. The molecule has 0 fully saturated rings. The third-order valence-electron chi connectivity index (χ3n) is 6.19. The molecule has 0 atom stereocenters. The van der Waals surface area contributed by atoms with Crippen LogP contribution in [0, 0.1) is 0 Å². The van der Waals surface area contributed by atoms with Gasteiger partial charge in [-0.25, -0.2) is 0 Å². The Balaban J connectivity index is 1.73. The number of fused-ring (bicyclic) bond motifs is 4. The molecular weight excluding hydrogens is 316 g/mol. The van der Waals surface area contributed by atoms with Crippen LogP contribution in [0.2, 0.25) is 0 Å². The lowest BCUT2D eigenvalue weighted by Crippen LogP contribution is -2.23. The van der Waals surface area contributed by atoms with Crippen LogP contribution in [0.1, 0.15) is 37.8 Å². The molecular formula is C25H22O. The average Bonchev–Trinajstić information content (AvgIpc) is 3.25. The van der Waals surface area contributed by atoms with Gasteiger partial charge in [-0.1, -0.05) is 68.4 Å². The minimum absolute atomic E-state index is 0.105. The Morgan fingerprint density at radius 2 is 1.46 bits per heavy atom. The molecule has 0 saturated carbocycles. The van der Waals surface area contributed by atoms with E-state index in [0.29, 0.717) is 0 Å². The zero-order valence-corrected chi connectivity index (χ0v) is 15.3. The van der Waals surface area contributed by atoms with Gasteiger partial charge in [0.15, 0.2) is 0 Å². The number of rotatable bonds is 3. The number of benzene rings is 3. The summed E-state index contributed by atoms with van der Waals surface area (Å²) >= 11 is 0. The predicted molar refractivity (Wildman–Crippen MR) is 108 cm³/mol. The fourth-order valence-electron chi connectivity index (χ4n) is 4.74. The second kappa shape index (κ2) is 5.60. The van der Waals surface area contributed by atoms with Gasteiger partial charge in [0.1, 0.15) is 11.3 Å². The van der Waals surface area contributed by atoms with Crippen LogP contribution in [-0.2, 0) is 5.41 Å². The Morgan fingerprint density at radius 3 is 2.27 bits per heavy atom. The molecule has 3 aromatic carbocycles. The molecule has 0 N–H and O–H groups in total. The summed E-state index contributed by atoms with van der Waals surface area (Å²) in [6, 6.07) is 26.1. The number of hydrogen-bond acceptors (Lipinski definition) is 1. The first-order valence-electron chi connectivity index (χ1n) is 9.50. The Kier molecular flexibility index (Phi) is 3.33. The van der Waals surface area contributed by atoms with E-state index in [2.05, 4.69) is 74.5 Å². The van der Waals surface area contributed by atoms with Gasteiger partial charge in [-0.15, -0.1) is 0 Å². The van der Waals surface area contributed by atoms with Crippen LogP contribution in [0.3, 0.4) is 0 Å². The second-order valence-electron chi connectivity index (χ2n) is 7.24. The smallest absolute Gasteiger partial charge is 0.135 e. The normalized spacial score (nSPS) is 14.4. The van der Waals surface area contributed by atoms with Crippen molar-refractivity contribution in [2.24, 2.45) is 0 Å². The first-order valence-corrected chi connectivity index (χ1v) is 9.50. The van der Waals surface area contributed by atoms with E-state index in [1.165, 1.54) is 27.8 Å². The molecule has 0 saturated heterocycles. The molecule has 1 nitrogen and oxygen atoms in total. The standard InChI is InChI=1S/C25H22O/c1-3-25(4-2)21-11-7-6-10-19(21)20-14-13-18(15-22(20)25)24-16-17-9-5-8-12-23(17)26-24/h5-16H,3-4H2,1-2H3. The number of furan rings is 1. The Bertz CT molecular complexity index is 1080. The summed E-state index contributed by atoms with van der Waals surface area (Å²) in [5.74, 6) is 0.950. The summed E-state index contributed by atoms with van der Waals surface area (Å²) in [5.41, 5.74) is 7.91. The van der Waals surface area contributed by atoms with Crippen LogP contribution in [0.4, 0.5) is 0 Å². The molecule has 1 heterocycles. The van der Waals surface area contributed by atoms with Crippen LogP contribution >= 0.6 is 0 Å². The number of hydrogen-bond donors (Lipinski definition) is 0. The van der Waals surface area contributed by atoms with Crippen LogP contribution in [-0.4, -0.2) is 0 Å². The average molecular weight is 338 g/mol. The molecule has 1 heteroatoms. The fourth-order valence-corrected chi connectivity index (χ4v) is 4.74. The van der Waals surface area contributed by atoms with Gasteiger partial charge >= 0.3 is 0 Å². The molecule has 0 radical (unpaired) electrons. The summed E-state index contributed by atoms with van der Waals surface area (Å²) in [4.78, 5) is 0. The SMILES string of the molecule is CCC1(CC)c2ccccc2-c2ccc(-c3cc4ccccc4o3)cc21. The maximum atomic E-state index is 6.13.